The zero-order valence-electron chi connectivity index (χ0n) is 19.0. The summed E-state index contributed by atoms with van der Waals surface area (Å²) in [6.07, 6.45) is 0.294. The first-order chi connectivity index (χ1) is 15.0. The molecule has 8 heteroatoms. The Hall–Kier alpha value is -3.29. The molecule has 31 heavy (non-hydrogen) atoms. The average Bonchev–Trinajstić information content (AvgIpc) is 2.74. The molecule has 168 valence electrons. The fourth-order valence-corrected chi connectivity index (χ4v) is 2.93. The van der Waals surface area contributed by atoms with Gasteiger partial charge in [-0.2, -0.15) is 0 Å². The highest BCUT2D eigenvalue weighted by Crippen LogP contribution is 2.30. The van der Waals surface area contributed by atoms with E-state index in [0.717, 1.165) is 22.8 Å². The van der Waals surface area contributed by atoms with E-state index in [2.05, 4.69) is 25.9 Å². The minimum absolute atomic E-state index is 0.0218. The maximum absolute atomic E-state index is 12.1. The van der Waals surface area contributed by atoms with Crippen LogP contribution in [0.2, 0.25) is 0 Å². The summed E-state index contributed by atoms with van der Waals surface area (Å²) in [5, 5.41) is 9.30. The SMILES string of the molecule is CCOc1ccc(C(C)NC(=NC)NCCC(=O)Nc2cccc(C)n2)cc1OCC. The topological polar surface area (TPSA) is 96.9 Å². The molecule has 0 saturated carbocycles. The number of rotatable bonds is 10. The van der Waals surface area contributed by atoms with Crippen molar-refractivity contribution >= 4 is 17.7 Å². The number of benzene rings is 1. The summed E-state index contributed by atoms with van der Waals surface area (Å²) in [5.74, 6) is 2.52. The van der Waals surface area contributed by atoms with Crippen LogP contribution in [0.4, 0.5) is 5.82 Å². The van der Waals surface area contributed by atoms with Crippen molar-refractivity contribution in [3.05, 3.63) is 47.7 Å². The lowest BCUT2D eigenvalue weighted by Gasteiger charge is -2.20. The number of ether oxygens (including phenoxy) is 2. The van der Waals surface area contributed by atoms with Gasteiger partial charge < -0.3 is 25.4 Å². The Morgan fingerprint density at radius 1 is 1.13 bits per heavy atom. The predicted molar refractivity (Wildman–Crippen MR) is 124 cm³/mol. The molecular weight excluding hydrogens is 394 g/mol. The second-order valence-corrected chi connectivity index (χ2v) is 6.90. The van der Waals surface area contributed by atoms with Gasteiger partial charge in [0.25, 0.3) is 0 Å². The van der Waals surface area contributed by atoms with Gasteiger partial charge in [0.05, 0.1) is 19.3 Å². The number of anilines is 1. The molecule has 0 spiro atoms. The molecule has 1 unspecified atom stereocenters. The third kappa shape index (κ3) is 7.81. The Kier molecular flexibility index (Phi) is 9.61. The number of aliphatic imine (C=N–C) groups is 1. The number of aryl methyl sites for hydroxylation is 1. The van der Waals surface area contributed by atoms with Crippen molar-refractivity contribution < 1.29 is 14.3 Å². The van der Waals surface area contributed by atoms with Crippen molar-refractivity contribution in [2.45, 2.75) is 40.2 Å². The van der Waals surface area contributed by atoms with Gasteiger partial charge >= 0.3 is 0 Å². The summed E-state index contributed by atoms with van der Waals surface area (Å²) in [6, 6.07) is 11.4. The van der Waals surface area contributed by atoms with Gasteiger partial charge in [-0.3, -0.25) is 9.79 Å². The van der Waals surface area contributed by atoms with Crippen LogP contribution in [0, 0.1) is 6.92 Å². The van der Waals surface area contributed by atoms with Crippen LogP contribution in [0.3, 0.4) is 0 Å². The Bertz CT molecular complexity index is 885. The lowest BCUT2D eigenvalue weighted by atomic mass is 10.1. The van der Waals surface area contributed by atoms with E-state index in [-0.39, 0.29) is 11.9 Å². The van der Waals surface area contributed by atoms with E-state index in [1.807, 2.05) is 58.0 Å². The molecule has 8 nitrogen and oxygen atoms in total. The number of aromatic nitrogens is 1. The molecule has 1 heterocycles. The standard InChI is InChI=1S/C23H33N5O3/c1-6-30-19-12-11-18(15-20(19)31-7-2)17(4)27-23(24-5)25-14-13-22(29)28-21-10-8-9-16(3)26-21/h8-12,15,17H,6-7,13-14H2,1-5H3,(H2,24,25,27)(H,26,28,29). The van der Waals surface area contributed by atoms with E-state index in [1.165, 1.54) is 0 Å². The summed E-state index contributed by atoms with van der Waals surface area (Å²) in [7, 11) is 1.70. The third-order valence-corrected chi connectivity index (χ3v) is 4.44. The zero-order valence-corrected chi connectivity index (χ0v) is 19.0. The summed E-state index contributed by atoms with van der Waals surface area (Å²) in [4.78, 5) is 20.7. The number of nitrogens with zero attached hydrogens (tertiary/aromatic N) is 2. The van der Waals surface area contributed by atoms with Crippen molar-refractivity contribution in [1.29, 1.82) is 0 Å². The fraction of sp³-hybridized carbons (Fsp3) is 0.435. The van der Waals surface area contributed by atoms with Gasteiger partial charge in [-0.15, -0.1) is 0 Å². The molecule has 0 fully saturated rings. The maximum Gasteiger partial charge on any atom is 0.227 e. The normalized spacial score (nSPS) is 12.1. The average molecular weight is 428 g/mol. The summed E-state index contributed by atoms with van der Waals surface area (Å²) < 4.78 is 11.3. The number of hydrogen-bond acceptors (Lipinski definition) is 5. The minimum atomic E-state index is -0.109. The van der Waals surface area contributed by atoms with E-state index in [1.54, 1.807) is 13.1 Å². The Morgan fingerprint density at radius 2 is 1.87 bits per heavy atom. The minimum Gasteiger partial charge on any atom is -0.490 e. The molecule has 0 aliphatic heterocycles. The van der Waals surface area contributed by atoms with Crippen molar-refractivity contribution in [2.75, 3.05) is 32.1 Å². The first kappa shape index (κ1) is 24.0. The predicted octanol–water partition coefficient (Wildman–Crippen LogP) is 3.44. The molecule has 1 aromatic heterocycles. The number of amides is 1. The zero-order chi connectivity index (χ0) is 22.6. The van der Waals surface area contributed by atoms with Crippen LogP contribution in [0.1, 0.15) is 44.5 Å². The molecule has 0 bridgehead atoms. The number of carbonyl (C=O) groups excluding carboxylic acids is 1. The van der Waals surface area contributed by atoms with Crippen molar-refractivity contribution in [2.24, 2.45) is 4.99 Å². The van der Waals surface area contributed by atoms with Crippen LogP contribution < -0.4 is 25.4 Å². The Labute approximate surface area is 184 Å². The number of pyridine rings is 1. The van der Waals surface area contributed by atoms with Gasteiger partial charge in [0.2, 0.25) is 5.91 Å². The summed E-state index contributed by atoms with van der Waals surface area (Å²) in [6.45, 7) is 9.40. The van der Waals surface area contributed by atoms with Crippen molar-refractivity contribution in [3.63, 3.8) is 0 Å². The van der Waals surface area contributed by atoms with Gasteiger partial charge in [0, 0.05) is 25.7 Å². The van der Waals surface area contributed by atoms with Crippen LogP contribution in [0.25, 0.3) is 0 Å². The van der Waals surface area contributed by atoms with Crippen molar-refractivity contribution in [3.8, 4) is 11.5 Å². The van der Waals surface area contributed by atoms with Gasteiger partial charge in [-0.05, 0) is 57.5 Å². The number of hydrogen-bond donors (Lipinski definition) is 3. The molecule has 0 radical (unpaired) electrons. The van der Waals surface area contributed by atoms with Crippen LogP contribution in [0.5, 0.6) is 11.5 Å². The molecule has 1 amide bonds. The molecular formula is C23H33N5O3. The van der Waals surface area contributed by atoms with Gasteiger partial charge in [0.15, 0.2) is 17.5 Å². The molecule has 2 rings (SSSR count). The van der Waals surface area contributed by atoms with Gasteiger partial charge in [0.1, 0.15) is 5.82 Å². The second kappa shape index (κ2) is 12.4. The summed E-state index contributed by atoms with van der Waals surface area (Å²) >= 11 is 0. The number of carbonyl (C=O) groups is 1. The van der Waals surface area contributed by atoms with Crippen LogP contribution >= 0.6 is 0 Å². The second-order valence-electron chi connectivity index (χ2n) is 6.90. The Morgan fingerprint density at radius 3 is 2.55 bits per heavy atom. The van der Waals surface area contributed by atoms with E-state index >= 15 is 0 Å². The molecule has 3 N–H and O–H groups in total. The highest BCUT2D eigenvalue weighted by molar-refractivity contribution is 5.90. The molecule has 0 aliphatic carbocycles. The van der Waals surface area contributed by atoms with Crippen molar-refractivity contribution in [1.82, 2.24) is 15.6 Å². The van der Waals surface area contributed by atoms with E-state index in [0.29, 0.717) is 38.0 Å². The molecule has 0 saturated heterocycles. The molecule has 1 atom stereocenters. The van der Waals surface area contributed by atoms with Gasteiger partial charge in [-0.25, -0.2) is 4.98 Å². The largest absolute Gasteiger partial charge is 0.490 e. The number of guanidine groups is 1. The maximum atomic E-state index is 12.1. The van der Waals surface area contributed by atoms with E-state index in [9.17, 15) is 4.79 Å². The molecule has 2 aromatic rings. The van der Waals surface area contributed by atoms with E-state index in [4.69, 9.17) is 9.47 Å². The van der Waals surface area contributed by atoms with E-state index < -0.39 is 0 Å². The monoisotopic (exact) mass is 427 g/mol. The quantitative estimate of drug-likeness (QED) is 0.397. The fourth-order valence-electron chi connectivity index (χ4n) is 2.93. The lowest BCUT2D eigenvalue weighted by molar-refractivity contribution is -0.116. The van der Waals surface area contributed by atoms with Crippen LogP contribution in [-0.2, 0) is 4.79 Å². The number of nitrogens with one attached hydrogen (secondary N) is 3. The van der Waals surface area contributed by atoms with Crippen LogP contribution in [0.15, 0.2) is 41.4 Å². The highest BCUT2D eigenvalue weighted by Gasteiger charge is 2.13. The first-order valence-corrected chi connectivity index (χ1v) is 10.6. The first-order valence-electron chi connectivity index (χ1n) is 10.6. The summed E-state index contributed by atoms with van der Waals surface area (Å²) in [5.41, 5.74) is 1.90. The smallest absolute Gasteiger partial charge is 0.227 e. The third-order valence-electron chi connectivity index (χ3n) is 4.44. The highest BCUT2D eigenvalue weighted by atomic mass is 16.5. The molecule has 1 aromatic carbocycles. The lowest BCUT2D eigenvalue weighted by Crippen LogP contribution is -2.39. The Balaban J connectivity index is 1.88. The van der Waals surface area contributed by atoms with Gasteiger partial charge in [-0.1, -0.05) is 12.1 Å². The molecule has 0 aliphatic rings. The van der Waals surface area contributed by atoms with Crippen LogP contribution in [-0.4, -0.2) is 43.7 Å².